The number of benzene rings is 7. The molecule has 2 nitrogen and oxygen atoms in total. The molecule has 7 aromatic carbocycles. The van der Waals surface area contributed by atoms with Crippen LogP contribution in [0.3, 0.4) is 0 Å². The summed E-state index contributed by atoms with van der Waals surface area (Å²) in [5, 5.41) is 3.86. The topological polar surface area (TPSA) is 9.86 Å². The largest absolute Gasteiger partial charge is 0.313 e. The lowest BCUT2D eigenvalue weighted by Gasteiger charge is -2.21. The highest BCUT2D eigenvalue weighted by atomic mass is 15.0. The Morgan fingerprint density at radius 1 is 0.400 bits per heavy atom. The summed E-state index contributed by atoms with van der Waals surface area (Å²) < 4.78 is 4.93. The highest BCUT2D eigenvalue weighted by molar-refractivity contribution is 6.09. The maximum absolute atomic E-state index is 2.50. The number of fused-ring (bicyclic) bond motifs is 6. The van der Waals surface area contributed by atoms with Crippen molar-refractivity contribution in [3.05, 3.63) is 199 Å². The molecular weight excluding hydrogens is 605 g/mol. The first-order chi connectivity index (χ1) is 24.8. The van der Waals surface area contributed by atoms with Crippen LogP contribution in [-0.4, -0.2) is 9.13 Å². The van der Waals surface area contributed by atoms with Crippen LogP contribution >= 0.6 is 0 Å². The first-order valence-corrected chi connectivity index (χ1v) is 17.5. The Morgan fingerprint density at radius 3 is 1.76 bits per heavy atom. The Hall–Kier alpha value is -6.38. The number of allylic oxidation sites excluding steroid dienone is 1. The lowest BCUT2D eigenvalue weighted by molar-refractivity contribution is 0.783. The number of nitrogens with zero attached hydrogens (tertiary/aromatic N) is 2. The predicted octanol–water partition coefficient (Wildman–Crippen LogP) is 12.4. The number of hydrogen-bond acceptors (Lipinski definition) is 0. The summed E-state index contributed by atoms with van der Waals surface area (Å²) in [5.74, 6) is 0.249. The van der Waals surface area contributed by atoms with Crippen molar-refractivity contribution >= 4 is 38.8 Å². The van der Waals surface area contributed by atoms with Crippen LogP contribution in [0.4, 0.5) is 0 Å². The molecule has 0 fully saturated rings. The van der Waals surface area contributed by atoms with Gasteiger partial charge in [-0.2, -0.15) is 0 Å². The summed E-state index contributed by atoms with van der Waals surface area (Å²) in [6.07, 6.45) is 5.71. The quantitative estimate of drug-likeness (QED) is 0.178. The highest BCUT2D eigenvalue weighted by Crippen LogP contribution is 2.41. The summed E-state index contributed by atoms with van der Waals surface area (Å²) >= 11 is 0. The average molecular weight is 639 g/mol. The van der Waals surface area contributed by atoms with Gasteiger partial charge in [0.25, 0.3) is 0 Å². The van der Waals surface area contributed by atoms with E-state index in [1.807, 2.05) is 0 Å². The number of aromatic nitrogens is 2. The van der Waals surface area contributed by atoms with Crippen molar-refractivity contribution < 1.29 is 0 Å². The third-order valence-electron chi connectivity index (χ3n) is 10.5. The van der Waals surface area contributed by atoms with E-state index in [1.54, 1.807) is 0 Å². The SMILES string of the molecule is C1=CC(c2ccc3c4ccccc4n(-c4ccc(-c5ccccc5)cc4)c3c2)Cc2c1c1ccccc1n2-c1cccc(-c2ccccc2)c1. The van der Waals surface area contributed by atoms with Gasteiger partial charge in [-0.25, -0.2) is 0 Å². The fourth-order valence-electron chi connectivity index (χ4n) is 8.10. The molecule has 50 heavy (non-hydrogen) atoms. The van der Waals surface area contributed by atoms with Crippen molar-refractivity contribution in [1.29, 1.82) is 0 Å². The fourth-order valence-corrected chi connectivity index (χ4v) is 8.10. The normalized spacial score (nSPS) is 14.0. The lowest BCUT2D eigenvalue weighted by Crippen LogP contribution is -2.10. The molecule has 9 aromatic rings. The Kier molecular flexibility index (Phi) is 6.67. The fraction of sp³-hybridized carbons (Fsp3) is 0.0417. The van der Waals surface area contributed by atoms with E-state index in [0.717, 1.165) is 6.42 Å². The van der Waals surface area contributed by atoms with Crippen LogP contribution < -0.4 is 0 Å². The van der Waals surface area contributed by atoms with E-state index in [0.29, 0.717) is 0 Å². The van der Waals surface area contributed by atoms with Crippen LogP contribution in [0, 0.1) is 0 Å². The lowest BCUT2D eigenvalue weighted by atomic mass is 9.87. The van der Waals surface area contributed by atoms with Gasteiger partial charge in [-0.1, -0.05) is 146 Å². The van der Waals surface area contributed by atoms with Crippen molar-refractivity contribution in [2.75, 3.05) is 0 Å². The smallest absolute Gasteiger partial charge is 0.0544 e. The van der Waals surface area contributed by atoms with E-state index in [2.05, 4.69) is 197 Å². The van der Waals surface area contributed by atoms with Crippen LogP contribution in [0.5, 0.6) is 0 Å². The molecule has 1 atom stereocenters. The summed E-state index contributed by atoms with van der Waals surface area (Å²) in [6.45, 7) is 0. The van der Waals surface area contributed by atoms with Crippen molar-refractivity contribution in [3.63, 3.8) is 0 Å². The van der Waals surface area contributed by atoms with Crippen LogP contribution in [0.2, 0.25) is 0 Å². The molecule has 0 bridgehead atoms. The monoisotopic (exact) mass is 638 g/mol. The Balaban J connectivity index is 1.09. The molecule has 1 aliphatic rings. The standard InChI is InChI=1S/C48H34N2/c1-3-12-33(13-4-1)35-22-26-39(27-23-35)49-45-20-9-7-18-41(45)43-28-24-37(31-47(43)49)38-25-29-44-42-19-8-10-21-46(42)50(48(44)32-38)40-17-11-16-36(30-40)34-14-5-2-6-15-34/h1-31,38H,32H2. The van der Waals surface area contributed by atoms with Crippen LogP contribution in [0.25, 0.3) is 72.4 Å². The maximum Gasteiger partial charge on any atom is 0.0544 e. The number of para-hydroxylation sites is 2. The van der Waals surface area contributed by atoms with E-state index in [4.69, 9.17) is 0 Å². The summed E-state index contributed by atoms with van der Waals surface area (Å²) in [4.78, 5) is 0. The van der Waals surface area contributed by atoms with E-state index in [-0.39, 0.29) is 5.92 Å². The van der Waals surface area contributed by atoms with Crippen molar-refractivity contribution in [2.24, 2.45) is 0 Å². The minimum Gasteiger partial charge on any atom is -0.313 e. The average Bonchev–Trinajstić information content (AvgIpc) is 3.71. The van der Waals surface area contributed by atoms with Gasteiger partial charge in [0.15, 0.2) is 0 Å². The first kappa shape index (κ1) is 28.6. The van der Waals surface area contributed by atoms with Crippen LogP contribution in [-0.2, 0) is 6.42 Å². The third kappa shape index (κ3) is 4.64. The van der Waals surface area contributed by atoms with Gasteiger partial charge < -0.3 is 9.13 Å². The Bertz CT molecular complexity index is 2710. The molecule has 0 saturated heterocycles. The predicted molar refractivity (Wildman–Crippen MR) is 210 cm³/mol. The zero-order chi connectivity index (χ0) is 33.0. The van der Waals surface area contributed by atoms with Gasteiger partial charge in [-0.15, -0.1) is 0 Å². The molecular formula is C48H34N2. The molecule has 236 valence electrons. The molecule has 2 heterocycles. The van der Waals surface area contributed by atoms with Gasteiger partial charge in [0, 0.05) is 44.7 Å². The second-order valence-electron chi connectivity index (χ2n) is 13.3. The molecule has 2 heteroatoms. The summed E-state index contributed by atoms with van der Waals surface area (Å²) in [7, 11) is 0. The summed E-state index contributed by atoms with van der Waals surface area (Å²) in [5.41, 5.74) is 15.0. The zero-order valence-corrected chi connectivity index (χ0v) is 27.6. The van der Waals surface area contributed by atoms with Gasteiger partial charge in [-0.05, 0) is 76.7 Å². The van der Waals surface area contributed by atoms with E-state index in [1.165, 1.54) is 83.2 Å². The molecule has 1 aliphatic carbocycles. The molecule has 0 aliphatic heterocycles. The minimum absolute atomic E-state index is 0.249. The maximum atomic E-state index is 2.50. The number of rotatable bonds is 5. The van der Waals surface area contributed by atoms with Gasteiger partial charge >= 0.3 is 0 Å². The molecule has 0 saturated carbocycles. The van der Waals surface area contributed by atoms with E-state index >= 15 is 0 Å². The van der Waals surface area contributed by atoms with E-state index in [9.17, 15) is 0 Å². The molecule has 0 spiro atoms. The van der Waals surface area contributed by atoms with Crippen molar-refractivity contribution in [3.8, 4) is 33.6 Å². The van der Waals surface area contributed by atoms with Crippen LogP contribution in [0.1, 0.15) is 22.7 Å². The zero-order valence-electron chi connectivity index (χ0n) is 27.6. The highest BCUT2D eigenvalue weighted by Gasteiger charge is 2.25. The number of hydrogen-bond donors (Lipinski definition) is 0. The molecule has 10 rings (SSSR count). The van der Waals surface area contributed by atoms with Crippen molar-refractivity contribution in [2.45, 2.75) is 12.3 Å². The Labute approximate surface area is 291 Å². The molecule has 1 unspecified atom stereocenters. The molecule has 2 aromatic heterocycles. The van der Waals surface area contributed by atoms with Gasteiger partial charge in [0.1, 0.15) is 0 Å². The van der Waals surface area contributed by atoms with Crippen molar-refractivity contribution in [1.82, 2.24) is 9.13 Å². The first-order valence-electron chi connectivity index (χ1n) is 17.5. The molecule has 0 radical (unpaired) electrons. The minimum atomic E-state index is 0.249. The third-order valence-corrected chi connectivity index (χ3v) is 10.5. The van der Waals surface area contributed by atoms with Crippen LogP contribution in [0.15, 0.2) is 182 Å². The molecule has 0 N–H and O–H groups in total. The Morgan fingerprint density at radius 2 is 1.00 bits per heavy atom. The second-order valence-corrected chi connectivity index (χ2v) is 13.3. The van der Waals surface area contributed by atoms with Gasteiger partial charge in [-0.3, -0.25) is 0 Å². The van der Waals surface area contributed by atoms with Gasteiger partial charge in [0.2, 0.25) is 0 Å². The van der Waals surface area contributed by atoms with Gasteiger partial charge in [0.05, 0.1) is 16.6 Å². The van der Waals surface area contributed by atoms with E-state index < -0.39 is 0 Å². The second kappa shape index (κ2) is 11.6. The summed E-state index contributed by atoms with van der Waals surface area (Å²) in [6, 6.07) is 64.0. The molecule has 0 amide bonds.